The van der Waals surface area contributed by atoms with E-state index >= 15 is 0 Å². The maximum Gasteiger partial charge on any atom is 0.277 e. The lowest BCUT2D eigenvalue weighted by Crippen LogP contribution is -2.35. The van der Waals surface area contributed by atoms with E-state index in [1.807, 2.05) is 44.4 Å². The van der Waals surface area contributed by atoms with Crippen LogP contribution < -0.4 is 5.32 Å². The van der Waals surface area contributed by atoms with E-state index in [9.17, 15) is 4.79 Å². The van der Waals surface area contributed by atoms with E-state index < -0.39 is 0 Å². The minimum absolute atomic E-state index is 0.0842. The van der Waals surface area contributed by atoms with Gasteiger partial charge in [0, 0.05) is 17.1 Å². The molecule has 1 atom stereocenters. The lowest BCUT2D eigenvalue weighted by molar-refractivity contribution is -0.118. The molecule has 3 aromatic rings. The number of amides is 1. The fraction of sp³-hybridized carbons (Fsp3) is 0.250. The van der Waals surface area contributed by atoms with E-state index in [0.29, 0.717) is 22.7 Å². The number of hydrogen-bond acceptors (Lipinski definition) is 6. The molecule has 0 bridgehead atoms. The average molecular weight is 417 g/mol. The molecule has 8 heteroatoms. The first kappa shape index (κ1) is 20.4. The standard InChI is InChI=1S/C20H21ClN4O2S/c1-25(2)17(14-6-4-3-5-7-14)12-22-18(26)13-28-20-24-23-19(27-20)15-8-10-16(21)11-9-15/h3-11,17H,12-13H2,1-2H3,(H,22,26). The van der Waals surface area contributed by atoms with Crippen molar-refractivity contribution in [2.45, 2.75) is 11.3 Å². The third kappa shape index (κ3) is 5.58. The van der Waals surface area contributed by atoms with Gasteiger partial charge in [-0.2, -0.15) is 0 Å². The van der Waals surface area contributed by atoms with Crippen molar-refractivity contribution >= 4 is 29.3 Å². The number of rotatable bonds is 8. The van der Waals surface area contributed by atoms with Crippen LogP contribution in [-0.2, 0) is 4.79 Å². The number of likely N-dealkylation sites (N-methyl/N-ethyl adjacent to an activating group) is 1. The van der Waals surface area contributed by atoms with Gasteiger partial charge in [0.05, 0.1) is 11.8 Å². The van der Waals surface area contributed by atoms with Crippen LogP contribution in [0.4, 0.5) is 0 Å². The van der Waals surface area contributed by atoms with Gasteiger partial charge in [0.2, 0.25) is 11.8 Å². The molecule has 3 rings (SSSR count). The minimum Gasteiger partial charge on any atom is -0.411 e. The molecule has 1 heterocycles. The average Bonchev–Trinajstić information content (AvgIpc) is 3.17. The largest absolute Gasteiger partial charge is 0.411 e. The van der Waals surface area contributed by atoms with Gasteiger partial charge < -0.3 is 14.6 Å². The summed E-state index contributed by atoms with van der Waals surface area (Å²) in [6, 6.07) is 17.3. The molecule has 2 aromatic carbocycles. The molecule has 6 nitrogen and oxygen atoms in total. The lowest BCUT2D eigenvalue weighted by atomic mass is 10.1. The summed E-state index contributed by atoms with van der Waals surface area (Å²) in [4.78, 5) is 14.3. The third-order valence-corrected chi connectivity index (χ3v) is 5.20. The smallest absolute Gasteiger partial charge is 0.277 e. The molecular weight excluding hydrogens is 396 g/mol. The monoisotopic (exact) mass is 416 g/mol. The number of carbonyl (C=O) groups is 1. The Labute approximate surface area is 173 Å². The summed E-state index contributed by atoms with van der Waals surface area (Å²) in [6.07, 6.45) is 0. The number of aromatic nitrogens is 2. The zero-order valence-electron chi connectivity index (χ0n) is 15.6. The van der Waals surface area contributed by atoms with E-state index in [1.165, 1.54) is 11.8 Å². The zero-order chi connectivity index (χ0) is 19.9. The second-order valence-electron chi connectivity index (χ2n) is 6.36. The molecule has 1 amide bonds. The molecule has 1 unspecified atom stereocenters. The van der Waals surface area contributed by atoms with Crippen molar-refractivity contribution in [3.8, 4) is 11.5 Å². The van der Waals surface area contributed by atoms with E-state index in [1.54, 1.807) is 12.1 Å². The topological polar surface area (TPSA) is 71.3 Å². The normalized spacial score (nSPS) is 12.1. The Morgan fingerprint density at radius 1 is 1.14 bits per heavy atom. The molecule has 1 aromatic heterocycles. The first-order valence-corrected chi connectivity index (χ1v) is 10.1. The molecule has 0 aliphatic rings. The Balaban J connectivity index is 1.51. The summed E-state index contributed by atoms with van der Waals surface area (Å²) in [6.45, 7) is 0.524. The van der Waals surface area contributed by atoms with Crippen LogP contribution in [0.5, 0.6) is 0 Å². The van der Waals surface area contributed by atoms with Crippen molar-refractivity contribution in [2.24, 2.45) is 0 Å². The molecule has 0 saturated heterocycles. The van der Waals surface area contributed by atoms with Gasteiger partial charge in [-0.05, 0) is 43.9 Å². The van der Waals surface area contributed by atoms with Crippen molar-refractivity contribution < 1.29 is 9.21 Å². The predicted molar refractivity (Wildman–Crippen MR) is 111 cm³/mol. The Morgan fingerprint density at radius 2 is 1.86 bits per heavy atom. The van der Waals surface area contributed by atoms with Gasteiger partial charge in [0.1, 0.15) is 0 Å². The van der Waals surface area contributed by atoms with Crippen molar-refractivity contribution in [3.05, 3.63) is 65.2 Å². The lowest BCUT2D eigenvalue weighted by Gasteiger charge is -2.25. The summed E-state index contributed by atoms with van der Waals surface area (Å²) in [7, 11) is 3.99. The Morgan fingerprint density at radius 3 is 2.54 bits per heavy atom. The number of carbonyl (C=O) groups excluding carboxylic acids is 1. The second-order valence-corrected chi connectivity index (χ2v) is 7.73. The van der Waals surface area contributed by atoms with E-state index in [2.05, 4.69) is 32.5 Å². The quantitative estimate of drug-likeness (QED) is 0.561. The maximum absolute atomic E-state index is 12.2. The fourth-order valence-corrected chi connectivity index (χ4v) is 3.36. The van der Waals surface area contributed by atoms with Crippen molar-refractivity contribution in [2.75, 3.05) is 26.4 Å². The summed E-state index contributed by atoms with van der Waals surface area (Å²) < 4.78 is 5.60. The minimum atomic E-state index is -0.0842. The molecule has 0 fully saturated rings. The number of benzene rings is 2. The van der Waals surface area contributed by atoms with Gasteiger partial charge in [-0.15, -0.1) is 10.2 Å². The van der Waals surface area contributed by atoms with Gasteiger partial charge in [-0.1, -0.05) is 53.7 Å². The van der Waals surface area contributed by atoms with Crippen molar-refractivity contribution in [1.29, 1.82) is 0 Å². The van der Waals surface area contributed by atoms with Gasteiger partial charge in [0.15, 0.2) is 0 Å². The SMILES string of the molecule is CN(C)C(CNC(=O)CSc1nnc(-c2ccc(Cl)cc2)o1)c1ccccc1. The van der Waals surface area contributed by atoms with Crippen LogP contribution >= 0.6 is 23.4 Å². The molecule has 1 N–H and O–H groups in total. The predicted octanol–water partition coefficient (Wildman–Crippen LogP) is 3.90. The number of nitrogens with one attached hydrogen (secondary N) is 1. The summed E-state index contributed by atoms with van der Waals surface area (Å²) in [5.74, 6) is 0.521. The van der Waals surface area contributed by atoms with Crippen LogP contribution in [0.1, 0.15) is 11.6 Å². The van der Waals surface area contributed by atoms with Crippen LogP contribution in [0.25, 0.3) is 11.5 Å². The van der Waals surface area contributed by atoms with Crippen molar-refractivity contribution in [1.82, 2.24) is 20.4 Å². The third-order valence-electron chi connectivity index (χ3n) is 4.12. The van der Waals surface area contributed by atoms with Crippen LogP contribution in [-0.4, -0.2) is 47.4 Å². The zero-order valence-corrected chi connectivity index (χ0v) is 17.2. The van der Waals surface area contributed by atoms with Crippen LogP contribution in [0.2, 0.25) is 5.02 Å². The van der Waals surface area contributed by atoms with E-state index in [-0.39, 0.29) is 17.7 Å². The molecule has 0 aliphatic carbocycles. The van der Waals surface area contributed by atoms with Crippen LogP contribution in [0, 0.1) is 0 Å². The Kier molecular flexibility index (Phi) is 7.08. The number of halogens is 1. The van der Waals surface area contributed by atoms with E-state index in [0.717, 1.165) is 11.1 Å². The van der Waals surface area contributed by atoms with Crippen molar-refractivity contribution in [3.63, 3.8) is 0 Å². The van der Waals surface area contributed by atoms with Gasteiger partial charge in [-0.25, -0.2) is 0 Å². The highest BCUT2D eigenvalue weighted by atomic mass is 35.5. The van der Waals surface area contributed by atoms with Crippen LogP contribution in [0.15, 0.2) is 64.2 Å². The molecule has 0 spiro atoms. The van der Waals surface area contributed by atoms with Gasteiger partial charge in [0.25, 0.3) is 5.22 Å². The second kappa shape index (κ2) is 9.73. The first-order chi connectivity index (χ1) is 13.5. The number of nitrogens with zero attached hydrogens (tertiary/aromatic N) is 3. The fourth-order valence-electron chi connectivity index (χ4n) is 2.64. The molecule has 0 radical (unpaired) electrons. The maximum atomic E-state index is 12.2. The van der Waals surface area contributed by atoms with E-state index in [4.69, 9.17) is 16.0 Å². The van der Waals surface area contributed by atoms with Gasteiger partial charge in [-0.3, -0.25) is 4.79 Å². The summed E-state index contributed by atoms with van der Waals surface area (Å²) in [5.41, 5.74) is 1.94. The summed E-state index contributed by atoms with van der Waals surface area (Å²) in [5, 5.41) is 12.0. The molecule has 28 heavy (non-hydrogen) atoms. The molecule has 146 valence electrons. The highest BCUT2D eigenvalue weighted by Crippen LogP contribution is 2.24. The Bertz CT molecular complexity index is 900. The number of thioether (sulfide) groups is 1. The van der Waals surface area contributed by atoms with Crippen LogP contribution in [0.3, 0.4) is 0 Å². The highest BCUT2D eigenvalue weighted by Gasteiger charge is 2.16. The molecular formula is C20H21ClN4O2S. The summed E-state index contributed by atoms with van der Waals surface area (Å²) >= 11 is 7.09. The molecule has 0 saturated carbocycles. The first-order valence-electron chi connectivity index (χ1n) is 8.73. The Hall–Kier alpha value is -2.35. The number of hydrogen-bond donors (Lipinski definition) is 1. The van der Waals surface area contributed by atoms with Gasteiger partial charge >= 0.3 is 0 Å². The molecule has 0 aliphatic heterocycles. The highest BCUT2D eigenvalue weighted by molar-refractivity contribution is 7.99.